The lowest BCUT2D eigenvalue weighted by Crippen LogP contribution is -2.17. The molecule has 0 aliphatic rings. The zero-order valence-corrected chi connectivity index (χ0v) is 16.1. The van der Waals surface area contributed by atoms with Gasteiger partial charge in [0.05, 0.1) is 10.2 Å². The maximum absolute atomic E-state index is 12.6. The Hall–Kier alpha value is -3.86. The molecular formula is C20H12F3N3O4S. The third-order valence-corrected chi connectivity index (χ3v) is 5.10. The number of hydrogen-bond donors (Lipinski definition) is 3. The normalized spacial score (nSPS) is 12.0. The van der Waals surface area contributed by atoms with E-state index in [9.17, 15) is 28.5 Å². The van der Waals surface area contributed by atoms with Gasteiger partial charge in [-0.2, -0.15) is 0 Å². The number of fused-ring (bicyclic) bond motifs is 1. The van der Waals surface area contributed by atoms with Crippen LogP contribution in [0.1, 0.15) is 0 Å². The molecule has 0 spiro atoms. The molecule has 7 nitrogen and oxygen atoms in total. The Bertz CT molecular complexity index is 1300. The SMILES string of the molecule is Oc1ccc(/N=N/c2ccc(-c3nc4ccc(O)cc4s3)cc2O)c(OC(F)(F)F)c1. The largest absolute Gasteiger partial charge is 0.573 e. The Morgan fingerprint density at radius 2 is 1.52 bits per heavy atom. The van der Waals surface area contributed by atoms with Crippen LogP contribution in [0.3, 0.4) is 0 Å². The molecule has 0 aliphatic carbocycles. The van der Waals surface area contributed by atoms with Crippen molar-refractivity contribution in [1.29, 1.82) is 0 Å². The minimum absolute atomic E-state index is 0.00791. The van der Waals surface area contributed by atoms with E-state index in [0.29, 0.717) is 16.1 Å². The van der Waals surface area contributed by atoms with E-state index in [-0.39, 0.29) is 22.9 Å². The van der Waals surface area contributed by atoms with Gasteiger partial charge in [0.15, 0.2) is 5.75 Å². The first-order valence-corrected chi connectivity index (χ1v) is 9.43. The van der Waals surface area contributed by atoms with E-state index < -0.39 is 17.9 Å². The number of thiazole rings is 1. The lowest BCUT2D eigenvalue weighted by molar-refractivity contribution is -0.274. The molecule has 31 heavy (non-hydrogen) atoms. The second-order valence-corrected chi connectivity index (χ2v) is 7.31. The first-order valence-electron chi connectivity index (χ1n) is 8.61. The average molecular weight is 447 g/mol. The standard InChI is InChI=1S/C20H12F3N3O4S/c21-20(22,23)30-17-8-11(27)2-5-14(17)26-25-13-4-1-10(7-16(13)29)19-24-15-6-3-12(28)9-18(15)31-19/h1-9,27-29H/b26-25+. The molecule has 0 saturated heterocycles. The molecule has 0 atom stereocenters. The van der Waals surface area contributed by atoms with Crippen LogP contribution in [0.25, 0.3) is 20.8 Å². The van der Waals surface area contributed by atoms with E-state index in [1.54, 1.807) is 18.2 Å². The second kappa shape index (κ2) is 7.76. The molecule has 1 aromatic heterocycles. The van der Waals surface area contributed by atoms with Gasteiger partial charge >= 0.3 is 6.36 Å². The van der Waals surface area contributed by atoms with Crippen molar-refractivity contribution in [1.82, 2.24) is 4.98 Å². The Morgan fingerprint density at radius 3 is 2.26 bits per heavy atom. The number of alkyl halides is 3. The molecular weight excluding hydrogens is 435 g/mol. The van der Waals surface area contributed by atoms with Crippen LogP contribution in [0.5, 0.6) is 23.0 Å². The highest BCUT2D eigenvalue weighted by Crippen LogP contribution is 2.39. The Balaban J connectivity index is 1.62. The molecule has 4 aromatic rings. The van der Waals surface area contributed by atoms with E-state index in [1.165, 1.54) is 29.5 Å². The van der Waals surface area contributed by atoms with Gasteiger partial charge in [-0.3, -0.25) is 0 Å². The number of phenolic OH excluding ortho intramolecular Hbond substituents is 3. The van der Waals surface area contributed by atoms with Gasteiger partial charge in [-0.25, -0.2) is 4.98 Å². The maximum Gasteiger partial charge on any atom is 0.573 e. The molecule has 0 unspecified atom stereocenters. The number of azo groups is 1. The van der Waals surface area contributed by atoms with Crippen molar-refractivity contribution in [3.8, 4) is 33.6 Å². The number of phenols is 3. The Labute approximate surface area is 176 Å². The maximum atomic E-state index is 12.6. The summed E-state index contributed by atoms with van der Waals surface area (Å²) in [6.45, 7) is 0. The minimum Gasteiger partial charge on any atom is -0.508 e. The summed E-state index contributed by atoms with van der Waals surface area (Å²) in [5.41, 5.74) is 0.992. The number of hydrogen-bond acceptors (Lipinski definition) is 8. The summed E-state index contributed by atoms with van der Waals surface area (Å²) >= 11 is 1.31. The van der Waals surface area contributed by atoms with Crippen LogP contribution < -0.4 is 4.74 Å². The van der Waals surface area contributed by atoms with Crippen LogP contribution in [-0.4, -0.2) is 26.7 Å². The molecule has 0 bridgehead atoms. The molecule has 158 valence electrons. The van der Waals surface area contributed by atoms with Gasteiger partial charge in [0.1, 0.15) is 33.6 Å². The lowest BCUT2D eigenvalue weighted by atomic mass is 10.2. The lowest BCUT2D eigenvalue weighted by Gasteiger charge is -2.10. The van der Waals surface area contributed by atoms with Crippen molar-refractivity contribution >= 4 is 32.9 Å². The van der Waals surface area contributed by atoms with Gasteiger partial charge in [-0.15, -0.1) is 34.7 Å². The van der Waals surface area contributed by atoms with Crippen molar-refractivity contribution < 1.29 is 33.2 Å². The number of rotatable bonds is 4. The number of benzene rings is 3. The fourth-order valence-corrected chi connectivity index (χ4v) is 3.67. The highest BCUT2D eigenvalue weighted by Gasteiger charge is 2.32. The monoisotopic (exact) mass is 447 g/mol. The Kier molecular flexibility index (Phi) is 5.11. The molecule has 3 aromatic carbocycles. The highest BCUT2D eigenvalue weighted by molar-refractivity contribution is 7.21. The molecule has 1 heterocycles. The predicted octanol–water partition coefficient (Wildman–Crippen LogP) is 6.39. The summed E-state index contributed by atoms with van der Waals surface area (Å²) in [6, 6.07) is 12.2. The first kappa shape index (κ1) is 20.4. The summed E-state index contributed by atoms with van der Waals surface area (Å²) in [7, 11) is 0. The molecule has 0 aliphatic heterocycles. The quantitative estimate of drug-likeness (QED) is 0.314. The summed E-state index contributed by atoms with van der Waals surface area (Å²) < 4.78 is 42.3. The fraction of sp³-hybridized carbons (Fsp3) is 0.0500. The zero-order chi connectivity index (χ0) is 22.2. The van der Waals surface area contributed by atoms with Gasteiger partial charge in [0.2, 0.25) is 0 Å². The van der Waals surface area contributed by atoms with Crippen LogP contribution in [0.4, 0.5) is 24.5 Å². The van der Waals surface area contributed by atoms with Gasteiger partial charge in [0, 0.05) is 11.6 Å². The van der Waals surface area contributed by atoms with E-state index in [1.807, 2.05) is 0 Å². The summed E-state index contributed by atoms with van der Waals surface area (Å²) in [5.74, 6) is -1.32. The van der Waals surface area contributed by atoms with E-state index >= 15 is 0 Å². The van der Waals surface area contributed by atoms with E-state index in [2.05, 4.69) is 19.9 Å². The third kappa shape index (κ3) is 4.67. The molecule has 0 fully saturated rings. The fourth-order valence-electron chi connectivity index (χ4n) is 2.68. The van der Waals surface area contributed by atoms with E-state index in [0.717, 1.165) is 22.9 Å². The smallest absolute Gasteiger partial charge is 0.508 e. The number of ether oxygens (including phenoxy) is 1. The van der Waals surface area contributed by atoms with Gasteiger partial charge in [0.25, 0.3) is 0 Å². The minimum atomic E-state index is -4.98. The topological polar surface area (TPSA) is 108 Å². The van der Waals surface area contributed by atoms with Crippen LogP contribution in [0, 0.1) is 0 Å². The molecule has 3 N–H and O–H groups in total. The highest BCUT2D eigenvalue weighted by atomic mass is 32.1. The molecule has 4 rings (SSSR count). The summed E-state index contributed by atoms with van der Waals surface area (Å²) in [4.78, 5) is 4.44. The number of aromatic nitrogens is 1. The van der Waals surface area contributed by atoms with Crippen molar-refractivity contribution in [2.24, 2.45) is 10.2 Å². The van der Waals surface area contributed by atoms with Crippen LogP contribution in [0.15, 0.2) is 64.8 Å². The zero-order valence-electron chi connectivity index (χ0n) is 15.3. The van der Waals surface area contributed by atoms with Gasteiger partial charge < -0.3 is 20.1 Å². The number of halogens is 3. The first-order chi connectivity index (χ1) is 14.7. The number of nitrogens with zero attached hydrogens (tertiary/aromatic N) is 3. The second-order valence-electron chi connectivity index (χ2n) is 6.27. The van der Waals surface area contributed by atoms with Crippen molar-refractivity contribution in [2.75, 3.05) is 0 Å². The number of aromatic hydroxyl groups is 3. The Morgan fingerprint density at radius 1 is 0.839 bits per heavy atom. The van der Waals surface area contributed by atoms with Crippen LogP contribution >= 0.6 is 11.3 Å². The van der Waals surface area contributed by atoms with E-state index in [4.69, 9.17) is 0 Å². The summed E-state index contributed by atoms with van der Waals surface area (Å²) in [6.07, 6.45) is -4.98. The van der Waals surface area contributed by atoms with Crippen LogP contribution in [-0.2, 0) is 0 Å². The van der Waals surface area contributed by atoms with Crippen LogP contribution in [0.2, 0.25) is 0 Å². The predicted molar refractivity (Wildman–Crippen MR) is 107 cm³/mol. The van der Waals surface area contributed by atoms with Crippen molar-refractivity contribution in [2.45, 2.75) is 6.36 Å². The molecule has 0 radical (unpaired) electrons. The van der Waals surface area contributed by atoms with Crippen molar-refractivity contribution in [3.05, 3.63) is 54.6 Å². The molecule has 0 amide bonds. The van der Waals surface area contributed by atoms with Crippen molar-refractivity contribution in [3.63, 3.8) is 0 Å². The molecule has 0 saturated carbocycles. The average Bonchev–Trinajstić information content (AvgIpc) is 3.10. The van der Waals surface area contributed by atoms with Gasteiger partial charge in [-0.05, 0) is 48.5 Å². The summed E-state index contributed by atoms with van der Waals surface area (Å²) in [5, 5.41) is 37.3. The molecule has 11 heteroatoms. The third-order valence-electron chi connectivity index (χ3n) is 4.03. The van der Waals surface area contributed by atoms with Gasteiger partial charge in [-0.1, -0.05) is 0 Å².